The van der Waals surface area contributed by atoms with Gasteiger partial charge in [0.05, 0.1) is 0 Å². The minimum Gasteiger partial charge on any atom is -0.396 e. The van der Waals surface area contributed by atoms with Gasteiger partial charge in [-0.15, -0.1) is 0 Å². The number of piperidine rings is 1. The summed E-state index contributed by atoms with van der Waals surface area (Å²) in [6.45, 7) is 4.39. The van der Waals surface area contributed by atoms with E-state index in [9.17, 15) is 5.11 Å². The molecule has 3 aromatic heterocycles. The van der Waals surface area contributed by atoms with Crippen molar-refractivity contribution in [2.24, 2.45) is 5.92 Å². The first-order valence-corrected chi connectivity index (χ1v) is 10.2. The summed E-state index contributed by atoms with van der Waals surface area (Å²) >= 11 is 0. The van der Waals surface area contributed by atoms with Gasteiger partial charge >= 0.3 is 0 Å². The lowest BCUT2D eigenvalue weighted by Gasteiger charge is -2.33. The molecule has 5 rings (SSSR count). The molecule has 1 fully saturated rings. The van der Waals surface area contributed by atoms with Gasteiger partial charge in [0.15, 0.2) is 5.76 Å². The summed E-state index contributed by atoms with van der Waals surface area (Å²) in [6, 6.07) is 14.5. The molecule has 156 valence electrons. The molecule has 30 heavy (non-hydrogen) atoms. The third-order valence-corrected chi connectivity index (χ3v) is 5.35. The number of nitrogens with zero attached hydrogens (tertiary/aromatic N) is 4. The monoisotopic (exact) mass is 405 g/mol. The second-order valence-electron chi connectivity index (χ2n) is 7.63. The zero-order valence-corrected chi connectivity index (χ0v) is 17.1. The fourth-order valence-corrected chi connectivity index (χ4v) is 3.73. The number of benzene rings is 1. The fourth-order valence-electron chi connectivity index (χ4n) is 3.73. The molecule has 0 aliphatic carbocycles. The molecule has 1 saturated heterocycles. The van der Waals surface area contributed by atoms with Crippen LogP contribution in [0.4, 0.5) is 11.6 Å². The Morgan fingerprint density at radius 2 is 1.93 bits per heavy atom. The Labute approximate surface area is 175 Å². The van der Waals surface area contributed by atoms with Crippen LogP contribution in [-0.4, -0.2) is 39.3 Å². The van der Waals surface area contributed by atoms with Crippen LogP contribution in [0.15, 0.2) is 65.6 Å². The summed E-state index contributed by atoms with van der Waals surface area (Å²) in [5.41, 5.74) is 9.82. The molecular formula is C23H27N5O2. The van der Waals surface area contributed by atoms with Crippen molar-refractivity contribution >= 4 is 17.2 Å². The van der Waals surface area contributed by atoms with E-state index in [1.54, 1.807) is 23.0 Å². The first-order chi connectivity index (χ1) is 14.6. The Bertz CT molecular complexity index is 1070. The van der Waals surface area contributed by atoms with Crippen LogP contribution in [0.3, 0.4) is 0 Å². The van der Waals surface area contributed by atoms with E-state index in [0.717, 1.165) is 42.8 Å². The lowest BCUT2D eigenvalue weighted by molar-refractivity contribution is 0.209. The van der Waals surface area contributed by atoms with Crippen molar-refractivity contribution in [2.45, 2.75) is 19.8 Å². The first kappa shape index (κ1) is 20.0. The number of aliphatic hydroxyl groups excluding tert-OH is 1. The maximum Gasteiger partial charge on any atom is 0.219 e. The number of nitrogen functional groups attached to an aromatic ring is 1. The van der Waals surface area contributed by atoms with Crippen LogP contribution in [-0.2, 0) is 0 Å². The maximum absolute atomic E-state index is 9.38. The normalized spacial score (nSPS) is 16.3. The summed E-state index contributed by atoms with van der Waals surface area (Å²) < 4.78 is 7.53. The number of anilines is 2. The number of hydrogen-bond donors (Lipinski definition) is 2. The molecule has 1 aliphatic rings. The third kappa shape index (κ3) is 4.46. The second-order valence-corrected chi connectivity index (χ2v) is 7.63. The molecule has 3 N–H and O–H groups in total. The van der Waals surface area contributed by atoms with Crippen LogP contribution in [0.25, 0.3) is 16.8 Å². The molecule has 0 radical (unpaired) electrons. The van der Waals surface area contributed by atoms with E-state index in [2.05, 4.69) is 52.1 Å². The Morgan fingerprint density at radius 1 is 1.17 bits per heavy atom. The van der Waals surface area contributed by atoms with Crippen molar-refractivity contribution in [1.82, 2.24) is 14.5 Å². The standard InChI is InChI=1S/C19H22N2O2.C4H5N3/c1-14-8-10-21-18(11-14)19(23-21)16-4-6-17(7-5-16)20-9-2-3-15(12-20)13-22;5-4-6-2-1-3-7-4/h4-8,10-11,15,22H,2-3,9,12-13H2,1H3;1-3H,(H2,5,6,7). The number of rotatable bonds is 3. The summed E-state index contributed by atoms with van der Waals surface area (Å²) in [4.78, 5) is 9.66. The number of aryl methyl sites for hydroxylation is 1. The fraction of sp³-hybridized carbons (Fsp3) is 0.304. The number of pyridine rings is 1. The van der Waals surface area contributed by atoms with Gasteiger partial charge in [-0.3, -0.25) is 0 Å². The van der Waals surface area contributed by atoms with Gasteiger partial charge in [0.25, 0.3) is 0 Å². The highest BCUT2D eigenvalue weighted by atomic mass is 16.5. The number of nitrogens with two attached hydrogens (primary N) is 1. The van der Waals surface area contributed by atoms with E-state index >= 15 is 0 Å². The zero-order valence-electron chi connectivity index (χ0n) is 17.1. The molecular weight excluding hydrogens is 378 g/mol. The van der Waals surface area contributed by atoms with Crippen molar-refractivity contribution in [3.63, 3.8) is 0 Å². The van der Waals surface area contributed by atoms with Crippen molar-refractivity contribution < 1.29 is 9.63 Å². The van der Waals surface area contributed by atoms with E-state index < -0.39 is 0 Å². The molecule has 0 spiro atoms. The minimum atomic E-state index is 0.285. The van der Waals surface area contributed by atoms with E-state index in [0.29, 0.717) is 11.9 Å². The predicted octanol–water partition coefficient (Wildman–Crippen LogP) is 3.78. The average Bonchev–Trinajstić information content (AvgIpc) is 2.77. The molecule has 1 unspecified atom stereocenters. The zero-order chi connectivity index (χ0) is 20.9. The van der Waals surface area contributed by atoms with Crippen LogP contribution in [0.5, 0.6) is 0 Å². The van der Waals surface area contributed by atoms with Crippen molar-refractivity contribution in [2.75, 3.05) is 30.3 Å². The Morgan fingerprint density at radius 3 is 2.60 bits per heavy atom. The molecule has 0 bridgehead atoms. The third-order valence-electron chi connectivity index (χ3n) is 5.35. The molecule has 4 aromatic rings. The summed E-state index contributed by atoms with van der Waals surface area (Å²) in [7, 11) is 0. The number of aliphatic hydroxyl groups is 1. The predicted molar refractivity (Wildman–Crippen MR) is 118 cm³/mol. The Kier molecular flexibility index (Phi) is 5.99. The smallest absolute Gasteiger partial charge is 0.219 e. The SMILES string of the molecule is Cc1ccn2oc(-c3ccc(N4CCCC(CO)C4)cc3)c2c1.Nc1ncccn1. The second kappa shape index (κ2) is 9.00. The number of fused-ring (bicyclic) bond motifs is 1. The van der Waals surface area contributed by atoms with E-state index in [1.807, 2.05) is 12.3 Å². The van der Waals surface area contributed by atoms with E-state index in [1.165, 1.54) is 11.3 Å². The maximum atomic E-state index is 9.38. The van der Waals surface area contributed by atoms with Gasteiger partial charge in [-0.05, 0) is 73.7 Å². The summed E-state index contributed by atoms with van der Waals surface area (Å²) in [5, 5.41) is 9.38. The number of aromatic nitrogens is 3. The van der Waals surface area contributed by atoms with Crippen molar-refractivity contribution in [1.29, 1.82) is 0 Å². The van der Waals surface area contributed by atoms with Gasteiger partial charge in [-0.25, -0.2) is 9.97 Å². The molecule has 1 aliphatic heterocycles. The Balaban J connectivity index is 0.000000265. The van der Waals surface area contributed by atoms with E-state index in [4.69, 9.17) is 10.3 Å². The lowest BCUT2D eigenvalue weighted by atomic mass is 9.98. The molecule has 1 aromatic carbocycles. The highest BCUT2D eigenvalue weighted by Gasteiger charge is 2.20. The lowest BCUT2D eigenvalue weighted by Crippen LogP contribution is -2.36. The highest BCUT2D eigenvalue weighted by molar-refractivity contribution is 5.77. The molecule has 4 heterocycles. The van der Waals surface area contributed by atoms with E-state index in [-0.39, 0.29) is 6.61 Å². The molecule has 0 amide bonds. The van der Waals surface area contributed by atoms with Crippen LogP contribution >= 0.6 is 0 Å². The summed E-state index contributed by atoms with van der Waals surface area (Å²) in [5.74, 6) is 1.66. The van der Waals surface area contributed by atoms with Gasteiger partial charge in [0.2, 0.25) is 5.95 Å². The Hall–Kier alpha value is -3.32. The van der Waals surface area contributed by atoms with Crippen LogP contribution in [0.2, 0.25) is 0 Å². The van der Waals surface area contributed by atoms with Crippen LogP contribution in [0.1, 0.15) is 18.4 Å². The first-order valence-electron chi connectivity index (χ1n) is 10.2. The highest BCUT2D eigenvalue weighted by Crippen LogP contribution is 2.31. The quantitative estimate of drug-likeness (QED) is 0.539. The van der Waals surface area contributed by atoms with Gasteiger partial charge in [0.1, 0.15) is 5.52 Å². The van der Waals surface area contributed by atoms with Gasteiger partial charge in [-0.2, -0.15) is 4.57 Å². The van der Waals surface area contributed by atoms with Crippen LogP contribution in [0, 0.1) is 12.8 Å². The van der Waals surface area contributed by atoms with Gasteiger partial charge < -0.3 is 20.3 Å². The van der Waals surface area contributed by atoms with Crippen molar-refractivity contribution in [3.05, 3.63) is 66.6 Å². The van der Waals surface area contributed by atoms with Crippen molar-refractivity contribution in [3.8, 4) is 11.3 Å². The topological polar surface area (TPSA) is 92.8 Å². The molecule has 7 nitrogen and oxygen atoms in total. The average molecular weight is 406 g/mol. The van der Waals surface area contributed by atoms with Crippen LogP contribution < -0.4 is 10.6 Å². The number of hydrogen-bond acceptors (Lipinski definition) is 6. The minimum absolute atomic E-state index is 0.285. The summed E-state index contributed by atoms with van der Waals surface area (Å²) in [6.07, 6.45) is 7.43. The largest absolute Gasteiger partial charge is 0.396 e. The van der Waals surface area contributed by atoms with Gasteiger partial charge in [0, 0.05) is 49.5 Å². The van der Waals surface area contributed by atoms with Gasteiger partial charge in [-0.1, -0.05) is 0 Å². The molecule has 0 saturated carbocycles. The molecule has 7 heteroatoms. The molecule has 1 atom stereocenters.